The van der Waals surface area contributed by atoms with E-state index in [1.807, 2.05) is 42.5 Å². The standard InChI is InChI=1S/C12H9NOS/c15-12(10-6-2-1-3-7-10)14-11-8-4-5-9-13-11/h1-9H. The molecule has 2 aromatic rings. The maximum Gasteiger partial charge on any atom is 0.220 e. The third kappa shape index (κ3) is 2.60. The normalized spacial score (nSPS) is 9.60. The average molecular weight is 215 g/mol. The first-order chi connectivity index (χ1) is 7.36. The number of benzene rings is 1. The molecule has 0 spiro atoms. The van der Waals surface area contributed by atoms with Crippen molar-refractivity contribution < 1.29 is 4.74 Å². The Morgan fingerprint density at radius 1 is 1.00 bits per heavy atom. The monoisotopic (exact) mass is 215 g/mol. The Morgan fingerprint density at radius 2 is 1.73 bits per heavy atom. The van der Waals surface area contributed by atoms with Gasteiger partial charge in [-0.3, -0.25) is 0 Å². The SMILES string of the molecule is S=C(Oc1ccccn1)c1ccccc1. The van der Waals surface area contributed by atoms with Crippen molar-refractivity contribution in [2.24, 2.45) is 0 Å². The summed E-state index contributed by atoms with van der Waals surface area (Å²) in [5.41, 5.74) is 0.887. The maximum atomic E-state index is 5.42. The highest BCUT2D eigenvalue weighted by molar-refractivity contribution is 7.80. The van der Waals surface area contributed by atoms with E-state index in [1.54, 1.807) is 12.3 Å². The molecule has 1 heterocycles. The van der Waals surface area contributed by atoms with E-state index in [0.29, 0.717) is 10.9 Å². The fourth-order valence-electron chi connectivity index (χ4n) is 1.14. The molecule has 0 fully saturated rings. The number of nitrogens with zero attached hydrogens (tertiary/aromatic N) is 1. The van der Waals surface area contributed by atoms with Gasteiger partial charge in [-0.15, -0.1) is 0 Å². The summed E-state index contributed by atoms with van der Waals surface area (Å²) in [4.78, 5) is 4.03. The molecule has 0 amide bonds. The molecule has 1 aromatic carbocycles. The number of rotatable bonds is 2. The molecule has 15 heavy (non-hydrogen) atoms. The molecule has 3 heteroatoms. The second-order valence-corrected chi connectivity index (χ2v) is 3.29. The third-order valence-electron chi connectivity index (χ3n) is 1.84. The topological polar surface area (TPSA) is 22.1 Å². The summed E-state index contributed by atoms with van der Waals surface area (Å²) in [6.45, 7) is 0. The Hall–Kier alpha value is -1.74. The lowest BCUT2D eigenvalue weighted by atomic mass is 10.2. The van der Waals surface area contributed by atoms with Crippen molar-refractivity contribution in [3.63, 3.8) is 0 Å². The van der Waals surface area contributed by atoms with E-state index in [0.717, 1.165) is 5.56 Å². The molecule has 0 radical (unpaired) electrons. The van der Waals surface area contributed by atoms with Crippen molar-refractivity contribution in [1.29, 1.82) is 0 Å². The predicted molar refractivity (Wildman–Crippen MR) is 63.0 cm³/mol. The summed E-state index contributed by atoms with van der Waals surface area (Å²) in [5.74, 6) is 0.520. The van der Waals surface area contributed by atoms with Crippen molar-refractivity contribution in [2.75, 3.05) is 0 Å². The van der Waals surface area contributed by atoms with Gasteiger partial charge in [0.1, 0.15) is 0 Å². The van der Waals surface area contributed by atoms with Gasteiger partial charge in [-0.05, 0) is 18.3 Å². The number of hydrogen-bond donors (Lipinski definition) is 0. The predicted octanol–water partition coefficient (Wildman–Crippen LogP) is 2.84. The van der Waals surface area contributed by atoms with Crippen molar-refractivity contribution in [1.82, 2.24) is 4.98 Å². The first-order valence-corrected chi connectivity index (χ1v) is 4.95. The molecular weight excluding hydrogens is 206 g/mol. The molecule has 2 nitrogen and oxygen atoms in total. The van der Waals surface area contributed by atoms with Gasteiger partial charge in [0.05, 0.1) is 0 Å². The Labute approximate surface area is 93.5 Å². The summed E-state index contributed by atoms with van der Waals surface area (Å²) in [6, 6.07) is 15.1. The molecule has 0 unspecified atom stereocenters. The Morgan fingerprint density at radius 3 is 2.40 bits per heavy atom. The molecule has 1 aromatic heterocycles. The second-order valence-electron chi connectivity index (χ2n) is 2.92. The van der Waals surface area contributed by atoms with E-state index < -0.39 is 0 Å². The van der Waals surface area contributed by atoms with Gasteiger partial charge in [0.2, 0.25) is 5.88 Å². The minimum Gasteiger partial charge on any atom is -0.427 e. The van der Waals surface area contributed by atoms with Crippen LogP contribution in [0.1, 0.15) is 5.56 Å². The van der Waals surface area contributed by atoms with E-state index in [2.05, 4.69) is 4.98 Å². The average Bonchev–Trinajstić information content (AvgIpc) is 2.31. The number of hydrogen-bond acceptors (Lipinski definition) is 3. The van der Waals surface area contributed by atoms with Gasteiger partial charge in [-0.1, -0.05) is 36.4 Å². The summed E-state index contributed by atoms with van der Waals surface area (Å²) >= 11 is 5.14. The molecule has 0 bridgehead atoms. The lowest BCUT2D eigenvalue weighted by Crippen LogP contribution is -2.07. The van der Waals surface area contributed by atoms with E-state index >= 15 is 0 Å². The van der Waals surface area contributed by atoms with Crippen LogP contribution in [0.25, 0.3) is 0 Å². The van der Waals surface area contributed by atoms with Crippen LogP contribution in [-0.4, -0.2) is 10.0 Å². The van der Waals surface area contributed by atoms with Crippen LogP contribution in [0, 0.1) is 0 Å². The summed E-state index contributed by atoms with van der Waals surface area (Å²) < 4.78 is 5.42. The first kappa shape index (κ1) is 9.80. The maximum absolute atomic E-state index is 5.42. The molecule has 0 saturated carbocycles. The van der Waals surface area contributed by atoms with E-state index in [-0.39, 0.29) is 0 Å². The quantitative estimate of drug-likeness (QED) is 0.719. The zero-order chi connectivity index (χ0) is 10.5. The van der Waals surface area contributed by atoms with Crippen LogP contribution in [0.2, 0.25) is 0 Å². The van der Waals surface area contributed by atoms with Crippen molar-refractivity contribution in [3.05, 3.63) is 60.3 Å². The number of ether oxygens (including phenoxy) is 1. The minimum absolute atomic E-state index is 0.439. The Balaban J connectivity index is 2.12. The van der Waals surface area contributed by atoms with E-state index in [9.17, 15) is 0 Å². The van der Waals surface area contributed by atoms with Gasteiger partial charge < -0.3 is 4.74 Å². The first-order valence-electron chi connectivity index (χ1n) is 4.54. The van der Waals surface area contributed by atoms with E-state index in [4.69, 9.17) is 17.0 Å². The highest BCUT2D eigenvalue weighted by Crippen LogP contribution is 2.08. The van der Waals surface area contributed by atoms with Crippen LogP contribution in [0.3, 0.4) is 0 Å². The van der Waals surface area contributed by atoms with Crippen molar-refractivity contribution >= 4 is 17.3 Å². The third-order valence-corrected chi connectivity index (χ3v) is 2.16. The van der Waals surface area contributed by atoms with Gasteiger partial charge in [0.15, 0.2) is 5.05 Å². The Kier molecular flexibility index (Phi) is 3.05. The lowest BCUT2D eigenvalue weighted by Gasteiger charge is -2.04. The van der Waals surface area contributed by atoms with Crippen LogP contribution in [0.4, 0.5) is 0 Å². The highest BCUT2D eigenvalue weighted by atomic mass is 32.1. The number of aromatic nitrogens is 1. The highest BCUT2D eigenvalue weighted by Gasteiger charge is 2.02. The van der Waals surface area contributed by atoms with Crippen LogP contribution < -0.4 is 4.74 Å². The van der Waals surface area contributed by atoms with Gasteiger partial charge in [0.25, 0.3) is 0 Å². The van der Waals surface area contributed by atoms with Crippen molar-refractivity contribution in [3.8, 4) is 5.88 Å². The second kappa shape index (κ2) is 4.66. The smallest absolute Gasteiger partial charge is 0.220 e. The molecule has 0 atom stereocenters. The van der Waals surface area contributed by atoms with Gasteiger partial charge in [-0.2, -0.15) is 0 Å². The molecule has 0 aliphatic carbocycles. The van der Waals surface area contributed by atoms with Crippen LogP contribution >= 0.6 is 12.2 Å². The summed E-state index contributed by atoms with van der Waals surface area (Å²) in [5, 5.41) is 0.439. The molecule has 0 aliphatic heterocycles. The van der Waals surface area contributed by atoms with Gasteiger partial charge in [0, 0.05) is 17.8 Å². The zero-order valence-electron chi connectivity index (χ0n) is 7.96. The van der Waals surface area contributed by atoms with Crippen molar-refractivity contribution in [2.45, 2.75) is 0 Å². The molecular formula is C12H9NOS. The molecule has 2 rings (SSSR count). The fraction of sp³-hybridized carbons (Fsp3) is 0. The lowest BCUT2D eigenvalue weighted by molar-refractivity contribution is 0.542. The summed E-state index contributed by atoms with van der Waals surface area (Å²) in [6.07, 6.45) is 1.67. The molecule has 74 valence electrons. The largest absolute Gasteiger partial charge is 0.427 e. The Bertz CT molecular complexity index is 442. The van der Waals surface area contributed by atoms with Gasteiger partial charge >= 0.3 is 0 Å². The number of thiocarbonyl (C=S) groups is 1. The summed E-state index contributed by atoms with van der Waals surface area (Å²) in [7, 11) is 0. The van der Waals surface area contributed by atoms with E-state index in [1.165, 1.54) is 0 Å². The minimum atomic E-state index is 0.439. The number of pyridine rings is 1. The molecule has 0 saturated heterocycles. The van der Waals surface area contributed by atoms with Crippen LogP contribution in [-0.2, 0) is 0 Å². The van der Waals surface area contributed by atoms with Crippen LogP contribution in [0.5, 0.6) is 5.88 Å². The molecule has 0 aliphatic rings. The molecule has 0 N–H and O–H groups in total. The fourth-order valence-corrected chi connectivity index (χ4v) is 1.36. The zero-order valence-corrected chi connectivity index (χ0v) is 8.78. The van der Waals surface area contributed by atoms with Crippen LogP contribution in [0.15, 0.2) is 54.7 Å². The van der Waals surface area contributed by atoms with Gasteiger partial charge in [-0.25, -0.2) is 4.98 Å².